The van der Waals surface area contributed by atoms with Gasteiger partial charge < -0.3 is 27.2 Å². The molecular formula is C33H48ClN7. The third-order valence-electron chi connectivity index (χ3n) is 7.52. The summed E-state index contributed by atoms with van der Waals surface area (Å²) in [6.45, 7) is 6.23. The first kappa shape index (κ1) is 35.5. The van der Waals surface area contributed by atoms with Crippen LogP contribution in [0.3, 0.4) is 0 Å². The number of nitrogen functional groups attached to an aromatic ring is 1. The molecule has 0 atom stereocenters. The molecule has 8 heteroatoms. The summed E-state index contributed by atoms with van der Waals surface area (Å²) in [6.07, 6.45) is 12.3. The Hall–Kier alpha value is -3.55. The monoisotopic (exact) mass is 577 g/mol. The van der Waals surface area contributed by atoms with Gasteiger partial charge in [0.2, 0.25) is 0 Å². The highest BCUT2D eigenvalue weighted by Gasteiger charge is 2.30. The lowest BCUT2D eigenvalue weighted by Gasteiger charge is -2.36. The van der Waals surface area contributed by atoms with Gasteiger partial charge in [-0.15, -0.1) is 0 Å². The summed E-state index contributed by atoms with van der Waals surface area (Å²) < 4.78 is 0. The molecule has 7 nitrogen and oxygen atoms in total. The van der Waals surface area contributed by atoms with Crippen LogP contribution in [0.25, 0.3) is 0 Å². The van der Waals surface area contributed by atoms with Crippen molar-refractivity contribution in [1.29, 1.82) is 21.3 Å². The van der Waals surface area contributed by atoms with Gasteiger partial charge in [-0.2, -0.15) is 10.5 Å². The van der Waals surface area contributed by atoms with Crippen molar-refractivity contribution in [2.45, 2.75) is 97.1 Å². The first-order valence-electron chi connectivity index (χ1n) is 14.7. The number of nitrogens with one attached hydrogen (secondary N) is 4. The molecule has 0 amide bonds. The van der Waals surface area contributed by atoms with Crippen LogP contribution in [0.1, 0.15) is 85.0 Å². The molecule has 222 valence electrons. The molecule has 0 unspecified atom stereocenters. The lowest BCUT2D eigenvalue weighted by Crippen LogP contribution is -2.31. The maximum absolute atomic E-state index is 8.83. The molecule has 2 fully saturated rings. The highest BCUT2D eigenvalue weighted by atomic mass is 35.5. The molecule has 0 radical (unpaired) electrons. The van der Waals surface area contributed by atoms with Crippen LogP contribution in [0.4, 0.5) is 17.1 Å². The molecule has 0 bridgehead atoms. The van der Waals surface area contributed by atoms with Crippen LogP contribution in [0.15, 0.2) is 48.5 Å². The van der Waals surface area contributed by atoms with Crippen molar-refractivity contribution in [2.24, 2.45) is 11.3 Å². The van der Waals surface area contributed by atoms with Gasteiger partial charge in [0.25, 0.3) is 0 Å². The first-order chi connectivity index (χ1) is 19.8. The molecule has 0 saturated heterocycles. The van der Waals surface area contributed by atoms with Crippen LogP contribution < -0.4 is 16.4 Å². The number of nitrogens with two attached hydrogens (primary N) is 1. The van der Waals surface area contributed by atoms with Crippen molar-refractivity contribution < 1.29 is 0 Å². The SMILES string of the molecule is CC.CC1(CC#N)CCC(Nc2ccc(N)cc2)CC1.N#CCC1CCC(Nc2ccccc2Cl)CC1.N=CC=N. The fourth-order valence-corrected chi connectivity index (χ4v) is 5.27. The summed E-state index contributed by atoms with van der Waals surface area (Å²) in [5.41, 5.74) is 8.86. The molecule has 41 heavy (non-hydrogen) atoms. The van der Waals surface area contributed by atoms with E-state index in [0.717, 1.165) is 85.9 Å². The molecule has 0 aliphatic heterocycles. The Bertz CT molecular complexity index is 1080. The van der Waals surface area contributed by atoms with E-state index in [1.165, 1.54) is 0 Å². The van der Waals surface area contributed by atoms with E-state index in [1.807, 2.05) is 62.4 Å². The Labute approximate surface area is 252 Å². The number of hydrogen-bond donors (Lipinski definition) is 5. The predicted molar refractivity (Wildman–Crippen MR) is 175 cm³/mol. The summed E-state index contributed by atoms with van der Waals surface area (Å²) in [4.78, 5) is 0. The van der Waals surface area contributed by atoms with Crippen LogP contribution in [-0.4, -0.2) is 24.5 Å². The second kappa shape index (κ2) is 20.3. The van der Waals surface area contributed by atoms with E-state index in [0.29, 0.717) is 30.8 Å². The average molecular weight is 578 g/mol. The summed E-state index contributed by atoms with van der Waals surface area (Å²) in [5.74, 6) is 0.601. The van der Waals surface area contributed by atoms with Crippen molar-refractivity contribution in [3.8, 4) is 12.1 Å². The standard InChI is InChI=1S/C15H21N3.C14H17ClN2.C2H4N2.C2H6/c1-15(10-11-16)8-6-14(7-9-15)18-13-4-2-12(17)3-5-13;15-13-3-1-2-4-14(13)17-12-7-5-11(6-8-12)9-10-16;3-1-2-4;1-2/h2-5,14,18H,6-10,17H2,1H3;1-4,11-12,17H,5-9H2;1-4H;1-2H3. The van der Waals surface area contributed by atoms with Gasteiger partial charge >= 0.3 is 0 Å². The lowest BCUT2D eigenvalue weighted by atomic mass is 9.72. The van der Waals surface area contributed by atoms with E-state index < -0.39 is 0 Å². The molecule has 0 heterocycles. The molecule has 4 rings (SSSR count). The first-order valence-corrected chi connectivity index (χ1v) is 15.1. The molecule has 0 spiro atoms. The smallest absolute Gasteiger partial charge is 0.0637 e. The number of halogens is 1. The number of nitriles is 2. The highest BCUT2D eigenvalue weighted by molar-refractivity contribution is 6.33. The Morgan fingerprint density at radius 2 is 1.44 bits per heavy atom. The number of hydrogen-bond acceptors (Lipinski definition) is 7. The van der Waals surface area contributed by atoms with Crippen molar-refractivity contribution in [3.05, 3.63) is 53.6 Å². The normalized spacial score (nSPS) is 22.6. The molecular weight excluding hydrogens is 530 g/mol. The topological polar surface area (TPSA) is 145 Å². The molecule has 2 aliphatic carbocycles. The Kier molecular flexibility index (Phi) is 17.6. The lowest BCUT2D eigenvalue weighted by molar-refractivity contribution is 0.211. The largest absolute Gasteiger partial charge is 0.399 e. The van der Waals surface area contributed by atoms with Crippen molar-refractivity contribution in [3.63, 3.8) is 0 Å². The van der Waals surface area contributed by atoms with E-state index in [2.05, 4.69) is 29.7 Å². The second-order valence-corrected chi connectivity index (χ2v) is 11.1. The van der Waals surface area contributed by atoms with Crippen LogP contribution in [-0.2, 0) is 0 Å². The summed E-state index contributed by atoms with van der Waals surface area (Å²) in [5, 5.41) is 37.5. The van der Waals surface area contributed by atoms with Gasteiger partial charge in [-0.1, -0.05) is 44.5 Å². The van der Waals surface area contributed by atoms with Gasteiger partial charge in [-0.05, 0) is 99.1 Å². The average Bonchev–Trinajstić information content (AvgIpc) is 2.99. The van der Waals surface area contributed by atoms with E-state index in [9.17, 15) is 0 Å². The zero-order chi connectivity index (χ0) is 30.5. The zero-order valence-corrected chi connectivity index (χ0v) is 25.7. The van der Waals surface area contributed by atoms with Gasteiger partial charge in [-0.25, -0.2) is 0 Å². The quantitative estimate of drug-likeness (QED) is 0.164. The molecule has 0 aromatic heterocycles. The summed E-state index contributed by atoms with van der Waals surface area (Å²) in [6, 6.07) is 21.4. The van der Waals surface area contributed by atoms with Crippen LogP contribution in [0.2, 0.25) is 5.02 Å². The maximum atomic E-state index is 8.83. The third-order valence-corrected chi connectivity index (χ3v) is 7.85. The minimum absolute atomic E-state index is 0.230. The highest BCUT2D eigenvalue weighted by Crippen LogP contribution is 2.39. The van der Waals surface area contributed by atoms with Gasteiger partial charge in [-0.3, -0.25) is 0 Å². The van der Waals surface area contributed by atoms with Crippen LogP contribution >= 0.6 is 11.6 Å². The van der Waals surface area contributed by atoms with E-state index in [1.54, 1.807) is 0 Å². The molecule has 2 aromatic rings. The fourth-order valence-electron chi connectivity index (χ4n) is 5.08. The van der Waals surface area contributed by atoms with Crippen LogP contribution in [0.5, 0.6) is 0 Å². The van der Waals surface area contributed by atoms with E-state index in [4.69, 9.17) is 38.7 Å². The van der Waals surface area contributed by atoms with E-state index in [-0.39, 0.29) is 5.41 Å². The Morgan fingerprint density at radius 3 is 1.95 bits per heavy atom. The second-order valence-electron chi connectivity index (χ2n) is 10.7. The van der Waals surface area contributed by atoms with Crippen molar-refractivity contribution >= 4 is 41.1 Å². The van der Waals surface area contributed by atoms with E-state index >= 15 is 0 Å². The van der Waals surface area contributed by atoms with Crippen LogP contribution in [0, 0.1) is 44.8 Å². The number of rotatable bonds is 7. The predicted octanol–water partition coefficient (Wildman–Crippen LogP) is 9.08. The summed E-state index contributed by atoms with van der Waals surface area (Å²) >= 11 is 6.12. The fraction of sp³-hybridized carbons (Fsp3) is 0.515. The van der Waals surface area contributed by atoms with Crippen molar-refractivity contribution in [2.75, 3.05) is 16.4 Å². The number of anilines is 3. The van der Waals surface area contributed by atoms with Gasteiger partial charge in [0.05, 0.1) is 22.8 Å². The molecule has 2 saturated carbocycles. The minimum Gasteiger partial charge on any atom is -0.399 e. The van der Waals surface area contributed by atoms with Crippen molar-refractivity contribution in [1.82, 2.24) is 0 Å². The zero-order valence-electron chi connectivity index (χ0n) is 24.9. The number of benzene rings is 2. The molecule has 2 aromatic carbocycles. The van der Waals surface area contributed by atoms with Gasteiger partial charge in [0.1, 0.15) is 0 Å². The maximum Gasteiger partial charge on any atom is 0.0637 e. The number of nitrogens with zero attached hydrogens (tertiary/aromatic N) is 2. The molecule has 6 N–H and O–H groups in total. The minimum atomic E-state index is 0.230. The molecule has 2 aliphatic rings. The summed E-state index contributed by atoms with van der Waals surface area (Å²) in [7, 11) is 0. The number of para-hydroxylation sites is 1. The Balaban J connectivity index is 0.000000345. The van der Waals surface area contributed by atoms with Gasteiger partial charge in [0.15, 0.2) is 0 Å². The van der Waals surface area contributed by atoms with Gasteiger partial charge in [0, 0.05) is 48.7 Å². The third kappa shape index (κ3) is 14.1. The Morgan fingerprint density at radius 1 is 0.878 bits per heavy atom.